The molecule has 1 fully saturated rings. The van der Waals surface area contributed by atoms with Crippen LogP contribution in [0, 0.1) is 12.7 Å². The van der Waals surface area contributed by atoms with E-state index in [2.05, 4.69) is 29.6 Å². The van der Waals surface area contributed by atoms with E-state index in [1.807, 2.05) is 0 Å². The summed E-state index contributed by atoms with van der Waals surface area (Å²) in [5.74, 6) is 0.164. The molecule has 1 aliphatic rings. The van der Waals surface area contributed by atoms with Gasteiger partial charge in [-0.1, -0.05) is 0 Å². The molecule has 0 spiro atoms. The van der Waals surface area contributed by atoms with Gasteiger partial charge >= 0.3 is 6.61 Å². The normalized spacial score (nSPS) is 14.6. The summed E-state index contributed by atoms with van der Waals surface area (Å²) < 4.78 is 50.5. The first-order valence-corrected chi connectivity index (χ1v) is 11.5. The van der Waals surface area contributed by atoms with Crippen LogP contribution in [0.25, 0.3) is 22.6 Å². The molecule has 0 unspecified atom stereocenters. The first kappa shape index (κ1) is 24.5. The molecule has 1 saturated heterocycles. The van der Waals surface area contributed by atoms with Crippen molar-refractivity contribution in [1.29, 1.82) is 0 Å². The van der Waals surface area contributed by atoms with E-state index >= 15 is 0 Å². The smallest absolute Gasteiger partial charge is 0.387 e. The van der Waals surface area contributed by atoms with Gasteiger partial charge in [0.1, 0.15) is 22.7 Å². The van der Waals surface area contributed by atoms with Gasteiger partial charge in [0, 0.05) is 45.3 Å². The van der Waals surface area contributed by atoms with Crippen molar-refractivity contribution >= 4 is 22.9 Å². The molecule has 5 heterocycles. The van der Waals surface area contributed by atoms with Gasteiger partial charge in [-0.3, -0.25) is 14.3 Å². The van der Waals surface area contributed by atoms with Crippen molar-refractivity contribution in [3.63, 3.8) is 0 Å². The molecule has 5 rings (SSSR count). The van der Waals surface area contributed by atoms with Gasteiger partial charge in [0.15, 0.2) is 23.0 Å². The van der Waals surface area contributed by atoms with Crippen LogP contribution >= 0.6 is 0 Å². The number of ether oxygens (including phenoxy) is 1. The molecule has 2 N–H and O–H groups in total. The van der Waals surface area contributed by atoms with Gasteiger partial charge in [-0.15, -0.1) is 0 Å². The summed E-state index contributed by atoms with van der Waals surface area (Å²) >= 11 is 0. The van der Waals surface area contributed by atoms with Gasteiger partial charge in [-0.25, -0.2) is 19.3 Å². The second-order valence-electron chi connectivity index (χ2n) is 8.44. The third-order valence-electron chi connectivity index (χ3n) is 6.02. The molecule has 1 aliphatic heterocycles. The molecule has 0 radical (unpaired) electrons. The fraction of sp³-hybridized carbons (Fsp3) is 0.348. The third-order valence-corrected chi connectivity index (χ3v) is 6.02. The molecule has 37 heavy (non-hydrogen) atoms. The van der Waals surface area contributed by atoms with Crippen LogP contribution in [0.4, 0.5) is 24.9 Å². The highest BCUT2D eigenvalue weighted by atomic mass is 19.3. The molecule has 0 amide bonds. The summed E-state index contributed by atoms with van der Waals surface area (Å²) in [6.07, 6.45) is 2.29. The van der Waals surface area contributed by atoms with Crippen LogP contribution in [-0.2, 0) is 6.54 Å². The summed E-state index contributed by atoms with van der Waals surface area (Å²) in [5.41, 5.74) is 6.71. The Morgan fingerprint density at radius 3 is 2.57 bits per heavy atom. The minimum Gasteiger partial charge on any atom is -0.460 e. The highest BCUT2D eigenvalue weighted by Gasteiger charge is 2.22. The van der Waals surface area contributed by atoms with E-state index in [1.165, 1.54) is 10.8 Å². The minimum absolute atomic E-state index is 0.00851. The monoisotopic (exact) mass is 516 g/mol. The summed E-state index contributed by atoms with van der Waals surface area (Å²) in [5, 5.41) is 0. The van der Waals surface area contributed by atoms with E-state index in [9.17, 15) is 18.0 Å². The standard InChI is InChI=1S/C23H23F3N8O3/c1-13-2-3-16(36-13)18-19-21(31-23(27)30-18)34(17(35)12-28-19)9-6-32-4-7-33(8-5-32)20-15(24)10-14(11-29-20)37-22(25)26/h2-3,10-12,22H,4-9H2,1H3,(H2,27,30,31). The lowest BCUT2D eigenvalue weighted by molar-refractivity contribution is -0.0502. The molecular weight excluding hydrogens is 493 g/mol. The number of nitrogens with two attached hydrogens (primary N) is 1. The SMILES string of the molecule is Cc1ccc(-c2nc(N)nc3c2ncc(=O)n3CCN2CCN(c3ncc(OC(F)F)cc3F)CC2)o1. The second kappa shape index (κ2) is 10.0. The molecule has 4 aromatic rings. The van der Waals surface area contributed by atoms with E-state index < -0.39 is 12.4 Å². The molecule has 11 nitrogen and oxygen atoms in total. The van der Waals surface area contributed by atoms with Crippen molar-refractivity contribution < 1.29 is 22.3 Å². The largest absolute Gasteiger partial charge is 0.460 e. The Bertz CT molecular complexity index is 1480. The average Bonchev–Trinajstić information content (AvgIpc) is 3.29. The molecule has 0 aliphatic carbocycles. The molecule has 4 aromatic heterocycles. The van der Waals surface area contributed by atoms with Crippen LogP contribution < -0.4 is 20.9 Å². The lowest BCUT2D eigenvalue weighted by Crippen LogP contribution is -2.48. The van der Waals surface area contributed by atoms with Gasteiger partial charge in [0.2, 0.25) is 5.95 Å². The average molecular weight is 516 g/mol. The van der Waals surface area contributed by atoms with Crippen LogP contribution in [0.2, 0.25) is 0 Å². The van der Waals surface area contributed by atoms with Crippen molar-refractivity contribution in [2.45, 2.75) is 20.1 Å². The Morgan fingerprint density at radius 2 is 1.89 bits per heavy atom. The van der Waals surface area contributed by atoms with E-state index in [4.69, 9.17) is 10.2 Å². The Morgan fingerprint density at radius 1 is 1.11 bits per heavy atom. The van der Waals surface area contributed by atoms with E-state index in [0.29, 0.717) is 67.6 Å². The number of nitrogens with zero attached hydrogens (tertiary/aromatic N) is 7. The first-order chi connectivity index (χ1) is 17.8. The predicted octanol–water partition coefficient (Wildman–Crippen LogP) is 2.29. The zero-order valence-electron chi connectivity index (χ0n) is 19.8. The van der Waals surface area contributed by atoms with Gasteiger partial charge in [0.25, 0.3) is 5.56 Å². The van der Waals surface area contributed by atoms with Crippen LogP contribution in [0.3, 0.4) is 0 Å². The number of fused-ring (bicyclic) bond motifs is 1. The van der Waals surface area contributed by atoms with Crippen LogP contribution in [0.5, 0.6) is 5.75 Å². The summed E-state index contributed by atoms with van der Waals surface area (Å²) in [6.45, 7) is 1.65. The van der Waals surface area contributed by atoms with Gasteiger partial charge < -0.3 is 19.8 Å². The van der Waals surface area contributed by atoms with Gasteiger partial charge in [0.05, 0.1) is 12.4 Å². The number of alkyl halides is 2. The highest BCUT2D eigenvalue weighted by Crippen LogP contribution is 2.27. The van der Waals surface area contributed by atoms with Crippen molar-refractivity contribution in [3.05, 3.63) is 52.5 Å². The number of aryl methyl sites for hydroxylation is 1. The maximum atomic E-state index is 14.4. The van der Waals surface area contributed by atoms with Crippen molar-refractivity contribution in [2.75, 3.05) is 43.4 Å². The Balaban J connectivity index is 1.29. The van der Waals surface area contributed by atoms with Crippen molar-refractivity contribution in [1.82, 2.24) is 29.4 Å². The minimum atomic E-state index is -3.05. The number of aromatic nitrogens is 5. The fourth-order valence-electron chi connectivity index (χ4n) is 4.25. The van der Waals surface area contributed by atoms with E-state index in [1.54, 1.807) is 24.0 Å². The molecular formula is C23H23F3N8O3. The van der Waals surface area contributed by atoms with Crippen molar-refractivity contribution in [2.24, 2.45) is 0 Å². The molecule has 0 bridgehead atoms. The quantitative estimate of drug-likeness (QED) is 0.391. The number of hydrogen-bond donors (Lipinski definition) is 1. The first-order valence-electron chi connectivity index (χ1n) is 11.5. The number of pyridine rings is 1. The summed E-state index contributed by atoms with van der Waals surface area (Å²) in [4.78, 5) is 33.3. The number of halogens is 3. The number of anilines is 2. The van der Waals surface area contributed by atoms with Crippen LogP contribution in [-0.4, -0.2) is 68.7 Å². The number of piperazine rings is 1. The molecule has 14 heteroatoms. The Kier molecular flexibility index (Phi) is 6.65. The Hall–Kier alpha value is -4.20. The number of nitrogen functional groups attached to an aromatic ring is 1. The van der Waals surface area contributed by atoms with Crippen LogP contribution in [0.15, 0.2) is 39.8 Å². The number of furan rings is 1. The van der Waals surface area contributed by atoms with Gasteiger partial charge in [-0.2, -0.15) is 13.8 Å². The Labute approximate surface area is 208 Å². The second-order valence-corrected chi connectivity index (χ2v) is 8.44. The lowest BCUT2D eigenvalue weighted by atomic mass is 10.2. The fourth-order valence-corrected chi connectivity index (χ4v) is 4.25. The molecule has 0 atom stereocenters. The summed E-state index contributed by atoms with van der Waals surface area (Å²) in [6, 6.07) is 4.44. The molecule has 194 valence electrons. The van der Waals surface area contributed by atoms with Gasteiger partial charge in [-0.05, 0) is 19.1 Å². The zero-order chi connectivity index (χ0) is 26.1. The van der Waals surface area contributed by atoms with E-state index in [-0.39, 0.29) is 23.1 Å². The summed E-state index contributed by atoms with van der Waals surface area (Å²) in [7, 11) is 0. The van der Waals surface area contributed by atoms with Crippen LogP contribution in [0.1, 0.15) is 5.76 Å². The zero-order valence-corrected chi connectivity index (χ0v) is 19.8. The van der Waals surface area contributed by atoms with Crippen molar-refractivity contribution in [3.8, 4) is 17.2 Å². The predicted molar refractivity (Wildman–Crippen MR) is 128 cm³/mol. The molecule has 0 aromatic carbocycles. The maximum Gasteiger partial charge on any atom is 0.387 e. The highest BCUT2D eigenvalue weighted by molar-refractivity contribution is 5.86. The third kappa shape index (κ3) is 5.18. The maximum absolute atomic E-state index is 14.4. The number of hydrogen-bond acceptors (Lipinski definition) is 10. The molecule has 0 saturated carbocycles. The van der Waals surface area contributed by atoms with E-state index in [0.717, 1.165) is 12.3 Å². The topological polar surface area (TPSA) is 128 Å². The lowest BCUT2D eigenvalue weighted by Gasteiger charge is -2.35. The number of rotatable bonds is 7.